The van der Waals surface area contributed by atoms with Crippen LogP contribution in [0.1, 0.15) is 17.2 Å². The van der Waals surface area contributed by atoms with E-state index >= 15 is 0 Å². The monoisotopic (exact) mass is 235 g/mol. The maximum absolute atomic E-state index is 11.8. The molecule has 0 aliphatic rings. The number of nitrogens with zero attached hydrogens (tertiary/aromatic N) is 1. The summed E-state index contributed by atoms with van der Waals surface area (Å²) in [5.74, 6) is -0.129. The standard InChI is InChI=1S/C13H21N3O/c1-10-4-6-11(7-5-10)12(14)13(17)15-8-9-16(2)3/h4-7,12H,8-9,14H2,1-3H3,(H,15,17). The van der Waals surface area contributed by atoms with Crippen LogP contribution in [0.5, 0.6) is 0 Å². The predicted octanol–water partition coefficient (Wildman–Crippen LogP) is 0.673. The molecular weight excluding hydrogens is 214 g/mol. The van der Waals surface area contributed by atoms with Gasteiger partial charge in [0.05, 0.1) is 0 Å². The zero-order valence-corrected chi connectivity index (χ0v) is 10.7. The van der Waals surface area contributed by atoms with Crippen molar-refractivity contribution in [3.8, 4) is 0 Å². The van der Waals surface area contributed by atoms with Gasteiger partial charge in [-0.1, -0.05) is 29.8 Å². The van der Waals surface area contributed by atoms with Crippen molar-refractivity contribution in [1.29, 1.82) is 0 Å². The number of hydrogen-bond donors (Lipinski definition) is 2. The Morgan fingerprint density at radius 1 is 1.35 bits per heavy atom. The molecule has 1 amide bonds. The lowest BCUT2D eigenvalue weighted by molar-refractivity contribution is -0.122. The van der Waals surface area contributed by atoms with Gasteiger partial charge in [-0.15, -0.1) is 0 Å². The van der Waals surface area contributed by atoms with Gasteiger partial charge in [0.2, 0.25) is 5.91 Å². The molecule has 1 aromatic rings. The van der Waals surface area contributed by atoms with Crippen LogP contribution in [0.2, 0.25) is 0 Å². The number of carbonyl (C=O) groups excluding carboxylic acids is 1. The lowest BCUT2D eigenvalue weighted by Crippen LogP contribution is -2.37. The van der Waals surface area contributed by atoms with E-state index in [1.807, 2.05) is 50.2 Å². The highest BCUT2D eigenvalue weighted by Gasteiger charge is 2.14. The van der Waals surface area contributed by atoms with Crippen molar-refractivity contribution in [2.45, 2.75) is 13.0 Å². The predicted molar refractivity (Wildman–Crippen MR) is 69.7 cm³/mol. The second kappa shape index (κ2) is 6.37. The van der Waals surface area contributed by atoms with E-state index in [1.54, 1.807) is 0 Å². The summed E-state index contributed by atoms with van der Waals surface area (Å²) in [6.07, 6.45) is 0. The Kier molecular flexibility index (Phi) is 5.12. The maximum Gasteiger partial charge on any atom is 0.241 e. The van der Waals surface area contributed by atoms with Gasteiger partial charge in [-0.05, 0) is 26.6 Å². The number of likely N-dealkylation sites (N-methyl/N-ethyl adjacent to an activating group) is 1. The Bertz CT molecular complexity index is 359. The van der Waals surface area contributed by atoms with Crippen LogP contribution >= 0.6 is 0 Å². The summed E-state index contributed by atoms with van der Waals surface area (Å²) in [5.41, 5.74) is 7.89. The quantitative estimate of drug-likeness (QED) is 0.789. The average molecular weight is 235 g/mol. The van der Waals surface area contributed by atoms with Crippen LogP contribution in [-0.4, -0.2) is 38.0 Å². The van der Waals surface area contributed by atoms with Crippen LogP contribution in [0, 0.1) is 6.92 Å². The molecule has 0 saturated carbocycles. The molecule has 4 nitrogen and oxygen atoms in total. The number of nitrogens with one attached hydrogen (secondary N) is 1. The Hall–Kier alpha value is -1.39. The van der Waals surface area contributed by atoms with Crippen LogP contribution < -0.4 is 11.1 Å². The fourth-order valence-corrected chi connectivity index (χ4v) is 1.44. The number of carbonyl (C=O) groups is 1. The lowest BCUT2D eigenvalue weighted by Gasteiger charge is -2.14. The normalized spacial score (nSPS) is 12.5. The molecule has 17 heavy (non-hydrogen) atoms. The molecule has 0 fully saturated rings. The van der Waals surface area contributed by atoms with Gasteiger partial charge in [-0.3, -0.25) is 4.79 Å². The first-order valence-corrected chi connectivity index (χ1v) is 5.75. The van der Waals surface area contributed by atoms with E-state index in [4.69, 9.17) is 5.73 Å². The van der Waals surface area contributed by atoms with E-state index < -0.39 is 6.04 Å². The number of amides is 1. The highest BCUT2D eigenvalue weighted by Crippen LogP contribution is 2.11. The average Bonchev–Trinajstić information content (AvgIpc) is 2.28. The molecule has 0 heterocycles. The van der Waals surface area contributed by atoms with Gasteiger partial charge in [0.25, 0.3) is 0 Å². The molecule has 0 bridgehead atoms. The minimum absolute atomic E-state index is 0.129. The number of hydrogen-bond acceptors (Lipinski definition) is 3. The van der Waals surface area contributed by atoms with Gasteiger partial charge in [0, 0.05) is 13.1 Å². The third-order valence-electron chi connectivity index (χ3n) is 2.58. The first-order valence-electron chi connectivity index (χ1n) is 5.75. The van der Waals surface area contributed by atoms with Crippen LogP contribution in [-0.2, 0) is 4.79 Å². The number of rotatable bonds is 5. The fourth-order valence-electron chi connectivity index (χ4n) is 1.44. The molecule has 94 valence electrons. The second-order valence-electron chi connectivity index (χ2n) is 4.48. The highest BCUT2D eigenvalue weighted by atomic mass is 16.2. The molecule has 1 atom stereocenters. The molecule has 0 aliphatic carbocycles. The number of benzene rings is 1. The molecule has 3 N–H and O–H groups in total. The first kappa shape index (κ1) is 13.7. The van der Waals surface area contributed by atoms with Gasteiger partial charge in [0.15, 0.2) is 0 Å². The van der Waals surface area contributed by atoms with Crippen LogP contribution in [0.15, 0.2) is 24.3 Å². The Balaban J connectivity index is 2.49. The molecule has 1 unspecified atom stereocenters. The smallest absolute Gasteiger partial charge is 0.241 e. The van der Waals surface area contributed by atoms with E-state index in [9.17, 15) is 4.79 Å². The molecule has 0 saturated heterocycles. The summed E-state index contributed by atoms with van der Waals surface area (Å²) in [6.45, 7) is 3.43. The van der Waals surface area contributed by atoms with Crippen molar-refractivity contribution in [1.82, 2.24) is 10.2 Å². The van der Waals surface area contributed by atoms with E-state index in [2.05, 4.69) is 5.32 Å². The van der Waals surface area contributed by atoms with Gasteiger partial charge in [-0.2, -0.15) is 0 Å². The minimum Gasteiger partial charge on any atom is -0.353 e. The topological polar surface area (TPSA) is 58.4 Å². The SMILES string of the molecule is Cc1ccc(C(N)C(=O)NCCN(C)C)cc1. The lowest BCUT2D eigenvalue weighted by atomic mass is 10.1. The Labute approximate surface area is 103 Å². The Morgan fingerprint density at radius 3 is 2.47 bits per heavy atom. The summed E-state index contributed by atoms with van der Waals surface area (Å²) in [7, 11) is 3.93. The van der Waals surface area contributed by atoms with Crippen molar-refractivity contribution in [2.24, 2.45) is 5.73 Å². The van der Waals surface area contributed by atoms with Gasteiger partial charge in [0.1, 0.15) is 6.04 Å². The van der Waals surface area contributed by atoms with E-state index in [-0.39, 0.29) is 5.91 Å². The van der Waals surface area contributed by atoms with Crippen molar-refractivity contribution in [3.05, 3.63) is 35.4 Å². The van der Waals surface area contributed by atoms with Crippen LogP contribution in [0.4, 0.5) is 0 Å². The van der Waals surface area contributed by atoms with Crippen molar-refractivity contribution in [3.63, 3.8) is 0 Å². The van der Waals surface area contributed by atoms with Crippen molar-refractivity contribution < 1.29 is 4.79 Å². The van der Waals surface area contributed by atoms with Gasteiger partial charge < -0.3 is 16.0 Å². The summed E-state index contributed by atoms with van der Waals surface area (Å²) in [6, 6.07) is 7.12. The molecule has 0 radical (unpaired) electrons. The highest BCUT2D eigenvalue weighted by molar-refractivity contribution is 5.82. The summed E-state index contributed by atoms with van der Waals surface area (Å²) < 4.78 is 0. The van der Waals surface area contributed by atoms with Gasteiger partial charge in [-0.25, -0.2) is 0 Å². The molecule has 4 heteroatoms. The van der Waals surface area contributed by atoms with E-state index in [1.165, 1.54) is 0 Å². The number of nitrogens with two attached hydrogens (primary N) is 1. The van der Waals surface area contributed by atoms with Crippen molar-refractivity contribution >= 4 is 5.91 Å². The zero-order valence-electron chi connectivity index (χ0n) is 10.7. The van der Waals surface area contributed by atoms with E-state index in [0.29, 0.717) is 6.54 Å². The molecule has 0 aromatic heterocycles. The third-order valence-corrected chi connectivity index (χ3v) is 2.58. The third kappa shape index (κ3) is 4.54. The number of aryl methyl sites for hydroxylation is 1. The van der Waals surface area contributed by atoms with Crippen LogP contribution in [0.3, 0.4) is 0 Å². The molecule has 0 aliphatic heterocycles. The Morgan fingerprint density at radius 2 is 1.94 bits per heavy atom. The van der Waals surface area contributed by atoms with Crippen LogP contribution in [0.25, 0.3) is 0 Å². The van der Waals surface area contributed by atoms with Crippen molar-refractivity contribution in [2.75, 3.05) is 27.2 Å². The van der Waals surface area contributed by atoms with E-state index in [0.717, 1.165) is 17.7 Å². The minimum atomic E-state index is -0.585. The largest absolute Gasteiger partial charge is 0.353 e. The second-order valence-corrected chi connectivity index (χ2v) is 4.48. The molecular formula is C13H21N3O. The van der Waals surface area contributed by atoms with Gasteiger partial charge >= 0.3 is 0 Å². The molecule has 0 spiro atoms. The zero-order chi connectivity index (χ0) is 12.8. The molecule has 1 rings (SSSR count). The summed E-state index contributed by atoms with van der Waals surface area (Å²) >= 11 is 0. The first-order chi connectivity index (χ1) is 8.00. The fraction of sp³-hybridized carbons (Fsp3) is 0.462. The maximum atomic E-state index is 11.8. The summed E-state index contributed by atoms with van der Waals surface area (Å²) in [4.78, 5) is 13.8. The summed E-state index contributed by atoms with van der Waals surface area (Å²) in [5, 5.41) is 2.82. The molecule has 1 aromatic carbocycles.